The van der Waals surface area contributed by atoms with Crippen molar-refractivity contribution in [3.63, 3.8) is 0 Å². The van der Waals surface area contributed by atoms with E-state index in [2.05, 4.69) is 36.4 Å². The van der Waals surface area contributed by atoms with Crippen LogP contribution in [0.15, 0.2) is 60.4 Å². The molecule has 2 aliphatic carbocycles. The Labute approximate surface area is 183 Å². The first kappa shape index (κ1) is 19.9. The number of aliphatic hydroxyl groups excluding tert-OH is 1. The molecule has 3 aromatic carbocycles. The molecule has 0 aliphatic heterocycles. The molecule has 1 saturated carbocycles. The van der Waals surface area contributed by atoms with Crippen LogP contribution >= 0.6 is 0 Å². The molecule has 0 aromatic heterocycles. The number of ketones is 1. The van der Waals surface area contributed by atoms with Gasteiger partial charge in [0.25, 0.3) is 0 Å². The summed E-state index contributed by atoms with van der Waals surface area (Å²) in [6, 6.07) is 19.0. The quantitative estimate of drug-likeness (QED) is 0.493. The van der Waals surface area contributed by atoms with Gasteiger partial charge in [-0.3, -0.25) is 4.79 Å². The van der Waals surface area contributed by atoms with Gasteiger partial charge in [0.2, 0.25) is 0 Å². The van der Waals surface area contributed by atoms with Crippen LogP contribution in [0.2, 0.25) is 0 Å². The normalized spacial score (nSPS) is 17.5. The van der Waals surface area contributed by atoms with Crippen molar-refractivity contribution in [3.05, 3.63) is 71.5 Å². The number of carbonyl (C=O) groups excluding carboxylic acids is 1. The number of ether oxygens (including phenoxy) is 1. The summed E-state index contributed by atoms with van der Waals surface area (Å²) in [4.78, 5) is 12.1. The Morgan fingerprint density at radius 1 is 0.806 bits per heavy atom. The van der Waals surface area contributed by atoms with E-state index in [-0.39, 0.29) is 11.5 Å². The van der Waals surface area contributed by atoms with Crippen LogP contribution in [0.3, 0.4) is 0 Å². The van der Waals surface area contributed by atoms with E-state index in [9.17, 15) is 9.90 Å². The standard InChI is InChI=1S/C28H28O3/c1-31-27-14-11-22(17-24(27)18-5-3-2-4-6-18)20-7-8-21-16-23(10-9-19(21)15-20)28-25(29)12-13-26(28)30/h7-11,14-18,29H,2-6,12-13H2,1H3. The van der Waals surface area contributed by atoms with Gasteiger partial charge in [-0.2, -0.15) is 0 Å². The van der Waals surface area contributed by atoms with Crippen molar-refractivity contribution in [3.8, 4) is 16.9 Å². The van der Waals surface area contributed by atoms with Gasteiger partial charge in [-0.15, -0.1) is 0 Å². The number of aliphatic hydroxyl groups is 1. The Morgan fingerprint density at radius 2 is 1.45 bits per heavy atom. The first-order valence-corrected chi connectivity index (χ1v) is 11.3. The molecule has 3 aromatic rings. The van der Waals surface area contributed by atoms with Crippen molar-refractivity contribution in [1.82, 2.24) is 0 Å². The second kappa shape index (κ2) is 8.22. The summed E-state index contributed by atoms with van der Waals surface area (Å²) in [6.45, 7) is 0. The van der Waals surface area contributed by atoms with E-state index in [0.717, 1.165) is 22.1 Å². The second-order valence-corrected chi connectivity index (χ2v) is 8.81. The fourth-order valence-electron chi connectivity index (χ4n) is 5.20. The van der Waals surface area contributed by atoms with Crippen LogP contribution in [0.4, 0.5) is 0 Å². The van der Waals surface area contributed by atoms with Crippen LogP contribution in [0.5, 0.6) is 5.75 Å². The molecular weight excluding hydrogens is 384 g/mol. The number of hydrogen-bond donors (Lipinski definition) is 1. The average molecular weight is 413 g/mol. The number of hydrogen-bond acceptors (Lipinski definition) is 3. The molecule has 31 heavy (non-hydrogen) atoms. The predicted molar refractivity (Wildman–Crippen MR) is 126 cm³/mol. The average Bonchev–Trinajstić information content (AvgIpc) is 3.16. The molecular formula is C28H28O3. The Balaban J connectivity index is 1.51. The largest absolute Gasteiger partial charge is 0.512 e. The monoisotopic (exact) mass is 412 g/mol. The van der Waals surface area contributed by atoms with Gasteiger partial charge < -0.3 is 9.84 Å². The van der Waals surface area contributed by atoms with Crippen molar-refractivity contribution >= 4 is 22.1 Å². The van der Waals surface area contributed by atoms with Crippen LogP contribution in [0, 0.1) is 0 Å². The van der Waals surface area contributed by atoms with Crippen molar-refractivity contribution < 1.29 is 14.6 Å². The number of fused-ring (bicyclic) bond motifs is 1. The zero-order valence-corrected chi connectivity index (χ0v) is 18.0. The van der Waals surface area contributed by atoms with Gasteiger partial charge in [0.15, 0.2) is 5.78 Å². The number of benzene rings is 3. The maximum absolute atomic E-state index is 12.1. The lowest BCUT2D eigenvalue weighted by molar-refractivity contribution is -0.113. The minimum absolute atomic E-state index is 0.0296. The summed E-state index contributed by atoms with van der Waals surface area (Å²) in [5, 5.41) is 12.3. The molecule has 1 N–H and O–H groups in total. The molecule has 0 heterocycles. The molecule has 2 aliphatic rings. The van der Waals surface area contributed by atoms with Crippen molar-refractivity contribution in [1.29, 1.82) is 0 Å². The van der Waals surface area contributed by atoms with E-state index in [1.54, 1.807) is 7.11 Å². The lowest BCUT2D eigenvalue weighted by Gasteiger charge is -2.24. The van der Waals surface area contributed by atoms with Gasteiger partial charge in [0, 0.05) is 12.8 Å². The van der Waals surface area contributed by atoms with E-state index in [0.29, 0.717) is 24.3 Å². The summed E-state index contributed by atoms with van der Waals surface area (Å²) in [5.41, 5.74) is 5.01. The van der Waals surface area contributed by atoms with E-state index in [4.69, 9.17) is 4.74 Å². The Hall–Kier alpha value is -3.07. The van der Waals surface area contributed by atoms with Crippen LogP contribution in [0.25, 0.3) is 27.5 Å². The number of carbonyl (C=O) groups is 1. The highest BCUT2D eigenvalue weighted by Crippen LogP contribution is 2.40. The molecule has 158 valence electrons. The lowest BCUT2D eigenvalue weighted by atomic mass is 9.82. The first-order chi connectivity index (χ1) is 15.1. The van der Waals surface area contributed by atoms with Crippen molar-refractivity contribution in [2.45, 2.75) is 50.9 Å². The van der Waals surface area contributed by atoms with Gasteiger partial charge in [-0.25, -0.2) is 0 Å². The summed E-state index contributed by atoms with van der Waals surface area (Å²) in [7, 11) is 1.76. The first-order valence-electron chi connectivity index (χ1n) is 11.3. The number of allylic oxidation sites excluding steroid dienone is 2. The van der Waals surface area contributed by atoms with E-state index < -0.39 is 0 Å². The maximum atomic E-state index is 12.1. The highest BCUT2D eigenvalue weighted by molar-refractivity contribution is 6.23. The number of methoxy groups -OCH3 is 1. The zero-order chi connectivity index (χ0) is 21.4. The Kier molecular flexibility index (Phi) is 5.27. The minimum Gasteiger partial charge on any atom is -0.512 e. The summed E-state index contributed by atoms with van der Waals surface area (Å²) >= 11 is 0. The van der Waals surface area contributed by atoms with E-state index >= 15 is 0 Å². The zero-order valence-electron chi connectivity index (χ0n) is 18.0. The maximum Gasteiger partial charge on any atom is 0.167 e. The summed E-state index contributed by atoms with van der Waals surface area (Å²) in [5.74, 6) is 1.82. The number of rotatable bonds is 4. The lowest BCUT2D eigenvalue weighted by Crippen LogP contribution is -2.06. The highest BCUT2D eigenvalue weighted by Gasteiger charge is 2.24. The van der Waals surface area contributed by atoms with Gasteiger partial charge in [-0.1, -0.05) is 49.6 Å². The van der Waals surface area contributed by atoms with Crippen LogP contribution in [0.1, 0.15) is 62.0 Å². The molecule has 0 spiro atoms. The van der Waals surface area contributed by atoms with Crippen LogP contribution in [-0.2, 0) is 4.79 Å². The molecule has 0 radical (unpaired) electrons. The molecule has 0 atom stereocenters. The number of Topliss-reactive ketones (excluding diaryl/α,β-unsaturated/α-hetero) is 1. The van der Waals surface area contributed by atoms with Crippen LogP contribution in [-0.4, -0.2) is 18.0 Å². The second-order valence-electron chi connectivity index (χ2n) is 8.81. The predicted octanol–water partition coefficient (Wildman–Crippen LogP) is 7.20. The summed E-state index contributed by atoms with van der Waals surface area (Å²) < 4.78 is 5.69. The van der Waals surface area contributed by atoms with Crippen LogP contribution < -0.4 is 4.74 Å². The van der Waals surface area contributed by atoms with Crippen molar-refractivity contribution in [2.75, 3.05) is 7.11 Å². The topological polar surface area (TPSA) is 46.5 Å². The third-order valence-corrected chi connectivity index (χ3v) is 6.89. The molecule has 1 fully saturated rings. The molecule has 3 nitrogen and oxygen atoms in total. The third-order valence-electron chi connectivity index (χ3n) is 6.89. The third kappa shape index (κ3) is 3.74. The fourth-order valence-corrected chi connectivity index (χ4v) is 5.20. The molecule has 0 bridgehead atoms. The minimum atomic E-state index is 0.0296. The molecule has 0 unspecified atom stereocenters. The summed E-state index contributed by atoms with van der Waals surface area (Å²) in [6.07, 6.45) is 7.26. The Morgan fingerprint density at radius 3 is 2.13 bits per heavy atom. The molecule has 3 heteroatoms. The van der Waals surface area contributed by atoms with E-state index in [1.165, 1.54) is 48.8 Å². The SMILES string of the molecule is COc1ccc(-c2ccc3cc(C4=C(O)CCC4=O)ccc3c2)cc1C1CCCCC1. The highest BCUT2D eigenvalue weighted by atomic mass is 16.5. The Bertz CT molecular complexity index is 1180. The van der Waals surface area contributed by atoms with Gasteiger partial charge in [-0.05, 0) is 76.1 Å². The van der Waals surface area contributed by atoms with Gasteiger partial charge in [0.1, 0.15) is 11.5 Å². The molecule has 0 amide bonds. The smallest absolute Gasteiger partial charge is 0.167 e. The van der Waals surface area contributed by atoms with E-state index in [1.807, 2.05) is 18.2 Å². The van der Waals surface area contributed by atoms with Crippen molar-refractivity contribution in [2.24, 2.45) is 0 Å². The van der Waals surface area contributed by atoms with Gasteiger partial charge in [0.05, 0.1) is 12.7 Å². The molecule has 0 saturated heterocycles. The fraction of sp³-hybridized carbons (Fsp3) is 0.321. The van der Waals surface area contributed by atoms with Gasteiger partial charge >= 0.3 is 0 Å². The molecule has 5 rings (SSSR count).